The standard InChI is InChI=1S/C24H25FN6O/c1-14-20-10-17(25)5-6-19(20)24-28-7-8-31(24)13-16(11-26)22(30-18-3-2-4-18)15-9-21(32-14)23(27)29-12-15/h5-12,14,18,26,30H,2-4,13H2,1H3,(H2,27,29)/b22-16+,26-11?. The molecule has 0 radical (unpaired) electrons. The van der Waals surface area contributed by atoms with Gasteiger partial charge >= 0.3 is 0 Å². The fraction of sp³-hybridized carbons (Fsp3) is 0.292. The topological polar surface area (TPSA) is 102 Å². The average molecular weight is 433 g/mol. The molecule has 164 valence electrons. The maximum Gasteiger partial charge on any atom is 0.166 e. The fourth-order valence-corrected chi connectivity index (χ4v) is 4.19. The van der Waals surface area contributed by atoms with Gasteiger partial charge in [0, 0.05) is 58.8 Å². The maximum atomic E-state index is 14.2. The molecule has 3 aromatic rings. The van der Waals surface area contributed by atoms with Crippen LogP contribution in [-0.2, 0) is 6.54 Å². The Morgan fingerprint density at radius 1 is 1.28 bits per heavy atom. The van der Waals surface area contributed by atoms with Crippen LogP contribution in [0.25, 0.3) is 17.1 Å². The van der Waals surface area contributed by atoms with Crippen molar-refractivity contribution < 1.29 is 9.13 Å². The van der Waals surface area contributed by atoms with Crippen LogP contribution >= 0.6 is 0 Å². The van der Waals surface area contributed by atoms with Crippen LogP contribution in [0.1, 0.15) is 43.4 Å². The molecule has 1 unspecified atom stereocenters. The van der Waals surface area contributed by atoms with Crippen LogP contribution in [-0.4, -0.2) is 26.8 Å². The van der Waals surface area contributed by atoms with Gasteiger partial charge in [0.25, 0.3) is 0 Å². The van der Waals surface area contributed by atoms with E-state index in [1.165, 1.54) is 24.8 Å². The Kier molecular flexibility index (Phi) is 5.13. The Labute approximate surface area is 185 Å². The number of nitrogens with two attached hydrogens (primary N) is 1. The number of nitrogen functional groups attached to an aromatic ring is 1. The summed E-state index contributed by atoms with van der Waals surface area (Å²) in [6.07, 6.45) is 9.53. The molecule has 1 aliphatic heterocycles. The number of ether oxygens (including phenoxy) is 1. The molecule has 5 rings (SSSR count). The van der Waals surface area contributed by atoms with Crippen LogP contribution in [0.5, 0.6) is 5.75 Å². The second-order valence-electron chi connectivity index (χ2n) is 8.29. The number of benzene rings is 1. The highest BCUT2D eigenvalue weighted by atomic mass is 19.1. The Hall–Kier alpha value is -3.68. The minimum absolute atomic E-state index is 0.261. The van der Waals surface area contributed by atoms with Gasteiger partial charge in [-0.3, -0.25) is 0 Å². The summed E-state index contributed by atoms with van der Waals surface area (Å²) in [5.74, 6) is 1.02. The second-order valence-corrected chi connectivity index (χ2v) is 8.29. The highest BCUT2D eigenvalue weighted by molar-refractivity contribution is 5.89. The zero-order chi connectivity index (χ0) is 22.2. The third kappa shape index (κ3) is 3.62. The monoisotopic (exact) mass is 432 g/mol. The molecule has 1 atom stereocenters. The van der Waals surface area contributed by atoms with Crippen LogP contribution < -0.4 is 15.8 Å². The number of imidazole rings is 1. The minimum atomic E-state index is -0.487. The first-order valence-corrected chi connectivity index (χ1v) is 10.8. The number of fused-ring (bicyclic) bond motifs is 5. The number of nitrogens with one attached hydrogen (secondary N) is 2. The van der Waals surface area contributed by atoms with Crippen LogP contribution in [0.4, 0.5) is 10.2 Å². The molecule has 1 saturated carbocycles. The van der Waals surface area contributed by atoms with E-state index in [1.807, 2.05) is 23.8 Å². The number of allylic oxidation sites excluding steroid dienone is 1. The predicted octanol–water partition coefficient (Wildman–Crippen LogP) is 4.32. The molecular formula is C24H25FN6O. The van der Waals surface area contributed by atoms with Crippen molar-refractivity contribution in [2.75, 3.05) is 5.73 Å². The molecule has 0 amide bonds. The molecule has 1 aliphatic carbocycles. The van der Waals surface area contributed by atoms with E-state index in [2.05, 4.69) is 15.3 Å². The van der Waals surface area contributed by atoms with Crippen molar-refractivity contribution in [2.45, 2.75) is 44.9 Å². The van der Waals surface area contributed by atoms with Gasteiger partial charge in [0.05, 0.1) is 6.54 Å². The van der Waals surface area contributed by atoms with Gasteiger partial charge in [0.2, 0.25) is 0 Å². The third-order valence-corrected chi connectivity index (χ3v) is 6.17. The smallest absolute Gasteiger partial charge is 0.166 e. The summed E-state index contributed by atoms with van der Waals surface area (Å²) in [6, 6.07) is 6.81. The summed E-state index contributed by atoms with van der Waals surface area (Å²) in [6.45, 7) is 2.29. The van der Waals surface area contributed by atoms with Crippen LogP contribution in [0.3, 0.4) is 0 Å². The van der Waals surface area contributed by atoms with Crippen LogP contribution in [0, 0.1) is 11.2 Å². The van der Waals surface area contributed by atoms with E-state index in [0.717, 1.165) is 35.2 Å². The van der Waals surface area contributed by atoms with Gasteiger partial charge in [-0.05, 0) is 50.5 Å². The molecule has 7 nitrogen and oxygen atoms in total. The van der Waals surface area contributed by atoms with Crippen LogP contribution in [0.2, 0.25) is 0 Å². The number of hydrogen-bond donors (Lipinski definition) is 3. The summed E-state index contributed by atoms with van der Waals surface area (Å²) in [5.41, 5.74) is 9.99. The third-order valence-electron chi connectivity index (χ3n) is 6.17. The largest absolute Gasteiger partial charge is 0.482 e. The van der Waals surface area contributed by atoms with E-state index >= 15 is 0 Å². The summed E-state index contributed by atoms with van der Waals surface area (Å²) in [4.78, 5) is 8.90. The van der Waals surface area contributed by atoms with Gasteiger partial charge in [-0.2, -0.15) is 0 Å². The first kappa shape index (κ1) is 20.2. The Morgan fingerprint density at radius 2 is 2.12 bits per heavy atom. The summed E-state index contributed by atoms with van der Waals surface area (Å²) in [7, 11) is 0. The number of anilines is 1. The molecule has 2 aliphatic rings. The van der Waals surface area contributed by atoms with Crippen molar-refractivity contribution in [1.82, 2.24) is 19.9 Å². The number of pyridine rings is 1. The highest BCUT2D eigenvalue weighted by Crippen LogP contribution is 2.35. The Balaban J connectivity index is 1.73. The van der Waals surface area contributed by atoms with E-state index < -0.39 is 6.10 Å². The second kappa shape index (κ2) is 8.11. The summed E-state index contributed by atoms with van der Waals surface area (Å²) in [5, 5.41) is 11.8. The lowest BCUT2D eigenvalue weighted by Gasteiger charge is -2.30. The lowest BCUT2D eigenvalue weighted by molar-refractivity contribution is 0.227. The SMILES string of the molecule is CC1Oc2cc(cnc2N)/C(NC2CCC2)=C(/C=N)Cn2ccnc2-c2ccc(F)cc21. The summed E-state index contributed by atoms with van der Waals surface area (Å²) >= 11 is 0. The van der Waals surface area contributed by atoms with Crippen molar-refractivity contribution in [3.63, 3.8) is 0 Å². The van der Waals surface area contributed by atoms with Gasteiger partial charge in [0.15, 0.2) is 11.6 Å². The van der Waals surface area contributed by atoms with Gasteiger partial charge in [-0.1, -0.05) is 0 Å². The molecule has 1 aromatic carbocycles. The molecular weight excluding hydrogens is 407 g/mol. The number of halogens is 1. The van der Waals surface area contributed by atoms with E-state index in [4.69, 9.17) is 15.9 Å². The van der Waals surface area contributed by atoms with Gasteiger partial charge in [-0.25, -0.2) is 14.4 Å². The molecule has 8 heteroatoms. The first-order chi connectivity index (χ1) is 15.5. The number of aromatic nitrogens is 3. The lowest BCUT2D eigenvalue weighted by Crippen LogP contribution is -2.35. The zero-order valence-electron chi connectivity index (χ0n) is 17.8. The molecule has 0 spiro atoms. The zero-order valence-corrected chi connectivity index (χ0v) is 17.8. The van der Waals surface area contributed by atoms with Crippen molar-refractivity contribution in [2.24, 2.45) is 0 Å². The molecule has 2 aromatic heterocycles. The van der Waals surface area contributed by atoms with E-state index in [0.29, 0.717) is 29.7 Å². The van der Waals surface area contributed by atoms with Crippen molar-refractivity contribution >= 4 is 17.7 Å². The summed E-state index contributed by atoms with van der Waals surface area (Å²) < 4.78 is 22.4. The molecule has 1 fully saturated rings. The van der Waals surface area contributed by atoms with E-state index in [9.17, 15) is 4.39 Å². The first-order valence-electron chi connectivity index (χ1n) is 10.8. The highest BCUT2D eigenvalue weighted by Gasteiger charge is 2.24. The molecule has 0 saturated heterocycles. The average Bonchev–Trinajstić information content (AvgIpc) is 3.21. The molecule has 32 heavy (non-hydrogen) atoms. The van der Waals surface area contributed by atoms with Gasteiger partial charge in [0.1, 0.15) is 17.7 Å². The van der Waals surface area contributed by atoms with E-state index in [1.54, 1.807) is 18.5 Å². The number of hydrogen-bond acceptors (Lipinski definition) is 6. The van der Waals surface area contributed by atoms with Gasteiger partial charge < -0.3 is 25.8 Å². The van der Waals surface area contributed by atoms with Crippen LogP contribution in [0.15, 0.2) is 48.4 Å². The Bertz CT molecular complexity index is 1210. The van der Waals surface area contributed by atoms with E-state index in [-0.39, 0.29) is 11.6 Å². The fourth-order valence-electron chi connectivity index (χ4n) is 4.19. The van der Waals surface area contributed by atoms with Gasteiger partial charge in [-0.15, -0.1) is 0 Å². The lowest BCUT2D eigenvalue weighted by atomic mass is 9.92. The predicted molar refractivity (Wildman–Crippen MR) is 122 cm³/mol. The quantitative estimate of drug-likeness (QED) is 0.535. The maximum absolute atomic E-state index is 14.2. The molecule has 4 N–H and O–H groups in total. The normalized spacial score (nSPS) is 20.6. The minimum Gasteiger partial charge on any atom is -0.482 e. The molecule has 2 bridgehead atoms. The number of rotatable bonds is 3. The van der Waals surface area contributed by atoms with Crippen molar-refractivity contribution in [3.05, 3.63) is 65.4 Å². The van der Waals surface area contributed by atoms with Crippen molar-refractivity contribution in [3.8, 4) is 17.1 Å². The number of nitrogens with zero attached hydrogens (tertiary/aromatic N) is 3. The Morgan fingerprint density at radius 3 is 2.88 bits per heavy atom. The molecule has 3 heterocycles. The van der Waals surface area contributed by atoms with Crippen molar-refractivity contribution in [1.29, 1.82) is 5.41 Å².